The zero-order valence-corrected chi connectivity index (χ0v) is 13.6. The molecule has 2 rings (SSSR count). The van der Waals surface area contributed by atoms with E-state index in [4.69, 9.17) is 28.9 Å². The molecule has 96 valence electrons. The van der Waals surface area contributed by atoms with E-state index in [1.807, 2.05) is 18.2 Å². The van der Waals surface area contributed by atoms with Crippen molar-refractivity contribution in [1.29, 1.82) is 0 Å². The number of hydrogen-bond acceptors (Lipinski definition) is 2. The van der Waals surface area contributed by atoms with Crippen molar-refractivity contribution in [2.45, 2.75) is 19.4 Å². The lowest BCUT2D eigenvalue weighted by Crippen LogP contribution is -2.11. The maximum Gasteiger partial charge on any atom is 0.0731 e. The lowest BCUT2D eigenvalue weighted by Gasteiger charge is -2.10. The van der Waals surface area contributed by atoms with Gasteiger partial charge in [-0.2, -0.15) is 0 Å². The van der Waals surface area contributed by atoms with Crippen molar-refractivity contribution >= 4 is 50.5 Å². The van der Waals surface area contributed by atoms with E-state index in [9.17, 15) is 0 Å². The topological polar surface area (TPSA) is 26.0 Å². The molecule has 0 saturated carbocycles. The third-order valence-electron chi connectivity index (χ3n) is 2.68. The van der Waals surface area contributed by atoms with Gasteiger partial charge in [-0.15, -0.1) is 11.3 Å². The molecule has 1 nitrogen and oxygen atoms in total. The molecule has 1 aromatic heterocycles. The van der Waals surface area contributed by atoms with Crippen molar-refractivity contribution in [1.82, 2.24) is 0 Å². The molecule has 0 aliphatic rings. The van der Waals surface area contributed by atoms with Gasteiger partial charge in [-0.25, -0.2) is 0 Å². The summed E-state index contributed by atoms with van der Waals surface area (Å²) in [7, 11) is 0. The average Bonchev–Trinajstić information content (AvgIpc) is 2.65. The van der Waals surface area contributed by atoms with Gasteiger partial charge < -0.3 is 5.73 Å². The van der Waals surface area contributed by atoms with Crippen LogP contribution in [0.4, 0.5) is 0 Å². The first-order valence-electron chi connectivity index (χ1n) is 5.42. The Kier molecular flexibility index (Phi) is 4.73. The van der Waals surface area contributed by atoms with Gasteiger partial charge in [0.15, 0.2) is 0 Å². The minimum Gasteiger partial charge on any atom is -0.323 e. The minimum absolute atomic E-state index is 0.0164. The number of aryl methyl sites for hydroxylation is 1. The Morgan fingerprint density at radius 1 is 1.28 bits per heavy atom. The highest BCUT2D eigenvalue weighted by Crippen LogP contribution is 2.32. The van der Waals surface area contributed by atoms with Crippen molar-refractivity contribution in [2.75, 3.05) is 0 Å². The van der Waals surface area contributed by atoms with E-state index in [0.29, 0.717) is 10.0 Å². The highest BCUT2D eigenvalue weighted by atomic mass is 79.9. The molecular weight excluding hydrogens is 353 g/mol. The summed E-state index contributed by atoms with van der Waals surface area (Å²) < 4.78 is 1.14. The fourth-order valence-electron chi connectivity index (χ4n) is 1.69. The van der Waals surface area contributed by atoms with Crippen LogP contribution in [0.1, 0.15) is 22.0 Å². The fraction of sp³-hybridized carbons (Fsp3) is 0.231. The summed E-state index contributed by atoms with van der Waals surface area (Å²) in [4.78, 5) is 1.17. The molecule has 2 aromatic rings. The van der Waals surface area contributed by atoms with E-state index in [0.717, 1.165) is 15.8 Å². The number of nitrogens with two attached hydrogens (primary N) is 1. The van der Waals surface area contributed by atoms with Crippen LogP contribution in [0, 0.1) is 6.92 Å². The number of rotatable bonds is 3. The summed E-state index contributed by atoms with van der Waals surface area (Å²) in [5, 5.41) is 1.15. The van der Waals surface area contributed by atoms with E-state index in [-0.39, 0.29) is 6.04 Å². The molecule has 0 fully saturated rings. The first-order valence-corrected chi connectivity index (χ1v) is 7.79. The van der Waals surface area contributed by atoms with Crippen LogP contribution >= 0.6 is 50.5 Å². The van der Waals surface area contributed by atoms with Crippen molar-refractivity contribution < 1.29 is 0 Å². The Hall–Kier alpha value is -0.0600. The third-order valence-corrected chi connectivity index (χ3v) is 5.69. The van der Waals surface area contributed by atoms with E-state index in [2.05, 4.69) is 28.9 Å². The second-order valence-electron chi connectivity index (χ2n) is 4.16. The van der Waals surface area contributed by atoms with Crippen molar-refractivity contribution in [3.05, 3.63) is 54.1 Å². The van der Waals surface area contributed by atoms with E-state index in [1.54, 1.807) is 11.3 Å². The maximum atomic E-state index is 6.21. The summed E-state index contributed by atoms with van der Waals surface area (Å²) in [6.07, 6.45) is 0.753. The molecule has 0 amide bonds. The predicted octanol–water partition coefficient (Wildman–Crippen LogP) is 5.37. The van der Waals surface area contributed by atoms with Crippen molar-refractivity contribution in [3.8, 4) is 0 Å². The molecular formula is C13H12BrCl2NS. The predicted molar refractivity (Wildman–Crippen MR) is 83.9 cm³/mol. The standard InChI is InChI=1S/C13H12BrCl2NS/c1-7-4-12(18-13(7)14)11(17)6-8-2-3-9(15)10(16)5-8/h2-5,11H,6,17H2,1H3. The Balaban J connectivity index is 2.15. The number of benzene rings is 1. The summed E-state index contributed by atoms with van der Waals surface area (Å²) in [6, 6.07) is 7.75. The molecule has 0 spiro atoms. The highest BCUT2D eigenvalue weighted by Gasteiger charge is 2.12. The number of hydrogen-bond donors (Lipinski definition) is 1. The lowest BCUT2D eigenvalue weighted by atomic mass is 10.1. The zero-order chi connectivity index (χ0) is 13.3. The molecule has 0 bridgehead atoms. The molecule has 1 heterocycles. The molecule has 2 N–H and O–H groups in total. The van der Waals surface area contributed by atoms with Gasteiger partial charge in [0, 0.05) is 10.9 Å². The van der Waals surface area contributed by atoms with Crippen LogP contribution in [0.15, 0.2) is 28.1 Å². The monoisotopic (exact) mass is 363 g/mol. The largest absolute Gasteiger partial charge is 0.323 e. The van der Waals surface area contributed by atoms with Gasteiger partial charge in [0.2, 0.25) is 0 Å². The average molecular weight is 365 g/mol. The van der Waals surface area contributed by atoms with Crippen LogP contribution in [0.25, 0.3) is 0 Å². The van der Waals surface area contributed by atoms with Crippen LogP contribution < -0.4 is 5.73 Å². The third kappa shape index (κ3) is 3.28. The lowest BCUT2D eigenvalue weighted by molar-refractivity contribution is 0.736. The molecule has 1 aromatic carbocycles. The highest BCUT2D eigenvalue weighted by molar-refractivity contribution is 9.11. The first kappa shape index (κ1) is 14.4. The van der Waals surface area contributed by atoms with Crippen LogP contribution in [0.2, 0.25) is 10.0 Å². The van der Waals surface area contributed by atoms with Gasteiger partial charge in [-0.1, -0.05) is 29.3 Å². The minimum atomic E-state index is -0.0164. The smallest absolute Gasteiger partial charge is 0.0731 e. The zero-order valence-electron chi connectivity index (χ0n) is 9.71. The number of thiophene rings is 1. The quantitative estimate of drug-likeness (QED) is 0.778. The Bertz CT molecular complexity index is 549. The SMILES string of the molecule is Cc1cc(C(N)Cc2ccc(Cl)c(Cl)c2)sc1Br. The normalized spacial score (nSPS) is 12.7. The first-order chi connectivity index (χ1) is 8.47. The molecule has 5 heteroatoms. The molecule has 0 aliphatic heterocycles. The van der Waals surface area contributed by atoms with Gasteiger partial charge in [0.05, 0.1) is 13.8 Å². The maximum absolute atomic E-state index is 6.21. The van der Waals surface area contributed by atoms with Crippen molar-refractivity contribution in [2.24, 2.45) is 5.73 Å². The van der Waals surface area contributed by atoms with Crippen LogP contribution in [-0.4, -0.2) is 0 Å². The summed E-state index contributed by atoms with van der Waals surface area (Å²) in [5.41, 5.74) is 8.53. The van der Waals surface area contributed by atoms with Crippen LogP contribution in [0.3, 0.4) is 0 Å². The Morgan fingerprint density at radius 2 is 2.00 bits per heavy atom. The van der Waals surface area contributed by atoms with Crippen LogP contribution in [0.5, 0.6) is 0 Å². The molecule has 0 saturated heterocycles. The van der Waals surface area contributed by atoms with E-state index < -0.39 is 0 Å². The summed E-state index contributed by atoms with van der Waals surface area (Å²) in [6.45, 7) is 2.07. The van der Waals surface area contributed by atoms with Crippen molar-refractivity contribution in [3.63, 3.8) is 0 Å². The molecule has 0 radical (unpaired) electrons. The van der Waals surface area contributed by atoms with E-state index in [1.165, 1.54) is 10.4 Å². The second kappa shape index (κ2) is 5.93. The summed E-state index contributed by atoms with van der Waals surface area (Å²) in [5.74, 6) is 0. The molecule has 1 atom stereocenters. The molecule has 18 heavy (non-hydrogen) atoms. The molecule has 1 unspecified atom stereocenters. The summed E-state index contributed by atoms with van der Waals surface area (Å²) >= 11 is 17.1. The van der Waals surface area contributed by atoms with Crippen LogP contribution in [-0.2, 0) is 6.42 Å². The van der Waals surface area contributed by atoms with Gasteiger partial charge in [0.1, 0.15) is 0 Å². The number of halogens is 3. The Morgan fingerprint density at radius 3 is 2.56 bits per heavy atom. The van der Waals surface area contributed by atoms with Gasteiger partial charge in [0.25, 0.3) is 0 Å². The van der Waals surface area contributed by atoms with Gasteiger partial charge >= 0.3 is 0 Å². The second-order valence-corrected chi connectivity index (χ2v) is 7.38. The van der Waals surface area contributed by atoms with Gasteiger partial charge in [-0.05, 0) is 58.6 Å². The van der Waals surface area contributed by atoms with Gasteiger partial charge in [-0.3, -0.25) is 0 Å². The molecule has 0 aliphatic carbocycles. The Labute approximate surface area is 129 Å². The van der Waals surface area contributed by atoms with E-state index >= 15 is 0 Å². The fourth-order valence-corrected chi connectivity index (χ4v) is 3.58.